The van der Waals surface area contributed by atoms with Crippen LogP contribution in [0.25, 0.3) is 0 Å². The van der Waals surface area contributed by atoms with Crippen LogP contribution in [0.3, 0.4) is 0 Å². The van der Waals surface area contributed by atoms with Gasteiger partial charge in [-0.1, -0.05) is 6.58 Å². The van der Waals surface area contributed by atoms with Gasteiger partial charge in [0.1, 0.15) is 5.76 Å². The fourth-order valence-electron chi connectivity index (χ4n) is 1.12. The van der Waals surface area contributed by atoms with E-state index in [1.54, 1.807) is 6.08 Å². The van der Waals surface area contributed by atoms with Crippen molar-refractivity contribution in [2.24, 2.45) is 0 Å². The first-order valence-electron chi connectivity index (χ1n) is 4.66. The first-order chi connectivity index (χ1) is 6.18. The second-order valence-electron chi connectivity index (χ2n) is 4.75. The summed E-state index contributed by atoms with van der Waals surface area (Å²) >= 11 is 0. The van der Waals surface area contributed by atoms with E-state index in [4.69, 9.17) is 13.9 Å². The Morgan fingerprint density at radius 3 is 2.29 bits per heavy atom. The average molecular weight is 214 g/mol. The SMILES string of the molecule is C=C1C=C(O[Si](C)(C)C)OC(C)(C)O1. The molecular weight excluding hydrogens is 196 g/mol. The normalized spacial score (nSPS) is 20.6. The predicted molar refractivity (Wildman–Crippen MR) is 57.9 cm³/mol. The molecule has 4 heteroatoms. The van der Waals surface area contributed by atoms with Crippen molar-refractivity contribution in [3.63, 3.8) is 0 Å². The van der Waals surface area contributed by atoms with Gasteiger partial charge in [-0.05, 0) is 19.6 Å². The lowest BCUT2D eigenvalue weighted by Gasteiger charge is -2.34. The van der Waals surface area contributed by atoms with Gasteiger partial charge in [0.25, 0.3) is 5.95 Å². The maximum Gasteiger partial charge on any atom is 0.272 e. The molecule has 1 heterocycles. The summed E-state index contributed by atoms with van der Waals surface area (Å²) in [6.45, 7) is 13.7. The lowest BCUT2D eigenvalue weighted by Crippen LogP contribution is -2.35. The Kier molecular flexibility index (Phi) is 2.67. The van der Waals surface area contributed by atoms with E-state index in [0.29, 0.717) is 11.7 Å². The molecule has 0 radical (unpaired) electrons. The van der Waals surface area contributed by atoms with Gasteiger partial charge in [0.2, 0.25) is 14.1 Å². The Morgan fingerprint density at radius 2 is 1.86 bits per heavy atom. The van der Waals surface area contributed by atoms with Crippen LogP contribution in [-0.2, 0) is 13.9 Å². The monoisotopic (exact) mass is 214 g/mol. The molecular formula is C10H18O3Si. The van der Waals surface area contributed by atoms with Gasteiger partial charge in [0, 0.05) is 13.8 Å². The molecule has 14 heavy (non-hydrogen) atoms. The Labute approximate surface area is 86.5 Å². The number of ether oxygens (including phenoxy) is 2. The van der Waals surface area contributed by atoms with Crippen LogP contribution in [0.2, 0.25) is 19.6 Å². The molecule has 0 atom stereocenters. The molecule has 80 valence electrons. The molecule has 0 aromatic heterocycles. The van der Waals surface area contributed by atoms with Gasteiger partial charge in [-0.25, -0.2) is 0 Å². The van der Waals surface area contributed by atoms with Gasteiger partial charge in [0.05, 0.1) is 6.08 Å². The van der Waals surface area contributed by atoms with E-state index in [2.05, 4.69) is 26.2 Å². The van der Waals surface area contributed by atoms with Gasteiger partial charge in [0.15, 0.2) is 0 Å². The minimum atomic E-state index is -1.63. The summed E-state index contributed by atoms with van der Waals surface area (Å²) in [7, 11) is -1.63. The molecule has 3 nitrogen and oxygen atoms in total. The van der Waals surface area contributed by atoms with Crippen molar-refractivity contribution in [2.45, 2.75) is 39.3 Å². The zero-order valence-corrected chi connectivity index (χ0v) is 10.5. The van der Waals surface area contributed by atoms with Crippen molar-refractivity contribution in [1.82, 2.24) is 0 Å². The number of hydrogen-bond donors (Lipinski definition) is 0. The second-order valence-corrected chi connectivity index (χ2v) is 9.18. The topological polar surface area (TPSA) is 27.7 Å². The molecule has 0 bridgehead atoms. The Hall–Kier alpha value is -0.903. The molecule has 0 N–H and O–H groups in total. The van der Waals surface area contributed by atoms with E-state index in [1.807, 2.05) is 13.8 Å². The Balaban J connectivity index is 2.75. The van der Waals surface area contributed by atoms with E-state index >= 15 is 0 Å². The molecule has 0 saturated heterocycles. The summed E-state index contributed by atoms with van der Waals surface area (Å²) in [5.41, 5.74) is 0. The van der Waals surface area contributed by atoms with Gasteiger partial charge in [-0.3, -0.25) is 0 Å². The predicted octanol–water partition coefficient (Wildman–Crippen LogP) is 2.98. The minimum Gasteiger partial charge on any atom is -0.520 e. The quantitative estimate of drug-likeness (QED) is 0.661. The summed E-state index contributed by atoms with van der Waals surface area (Å²) in [6, 6.07) is 0. The maximum absolute atomic E-state index is 5.72. The third kappa shape index (κ3) is 3.45. The lowest BCUT2D eigenvalue weighted by molar-refractivity contribution is -0.194. The lowest BCUT2D eigenvalue weighted by atomic mass is 10.3. The third-order valence-electron chi connectivity index (χ3n) is 1.41. The van der Waals surface area contributed by atoms with Crippen molar-refractivity contribution in [2.75, 3.05) is 0 Å². The molecule has 0 aromatic rings. The van der Waals surface area contributed by atoms with Crippen LogP contribution in [-0.4, -0.2) is 14.1 Å². The fraction of sp³-hybridized carbons (Fsp3) is 0.600. The first-order valence-corrected chi connectivity index (χ1v) is 8.06. The molecule has 0 aromatic carbocycles. The second kappa shape index (κ2) is 3.35. The maximum atomic E-state index is 5.72. The average Bonchev–Trinajstić information content (AvgIpc) is 1.74. The molecule has 1 aliphatic rings. The van der Waals surface area contributed by atoms with Crippen LogP contribution >= 0.6 is 0 Å². The summed E-state index contributed by atoms with van der Waals surface area (Å²) in [4.78, 5) is 0. The molecule has 0 spiro atoms. The molecule has 0 aliphatic carbocycles. The molecule has 0 unspecified atom stereocenters. The summed E-state index contributed by atoms with van der Waals surface area (Å²) in [6.07, 6.45) is 1.68. The smallest absolute Gasteiger partial charge is 0.272 e. The van der Waals surface area contributed by atoms with Gasteiger partial charge >= 0.3 is 0 Å². The van der Waals surface area contributed by atoms with Crippen molar-refractivity contribution >= 4 is 8.32 Å². The van der Waals surface area contributed by atoms with E-state index in [9.17, 15) is 0 Å². The zero-order chi connectivity index (χ0) is 11.0. The first kappa shape index (κ1) is 11.2. The zero-order valence-electron chi connectivity index (χ0n) is 9.51. The van der Waals surface area contributed by atoms with Crippen LogP contribution in [0.4, 0.5) is 0 Å². The van der Waals surface area contributed by atoms with Crippen molar-refractivity contribution in [3.05, 3.63) is 24.4 Å². The Bertz CT molecular complexity index is 274. The highest BCUT2D eigenvalue weighted by atomic mass is 28.4. The fourth-order valence-corrected chi connectivity index (χ4v) is 1.83. The van der Waals surface area contributed by atoms with Crippen molar-refractivity contribution in [3.8, 4) is 0 Å². The van der Waals surface area contributed by atoms with Crippen molar-refractivity contribution < 1.29 is 13.9 Å². The summed E-state index contributed by atoms with van der Waals surface area (Å²) in [5, 5.41) is 0. The standard InChI is InChI=1S/C10H18O3Si/c1-8-7-9(13-14(4,5)6)12-10(2,3)11-8/h7H,1H2,2-6H3. The van der Waals surface area contributed by atoms with Crippen LogP contribution in [0.15, 0.2) is 24.4 Å². The summed E-state index contributed by atoms with van der Waals surface area (Å²) in [5.74, 6) is 0.417. The van der Waals surface area contributed by atoms with Gasteiger partial charge < -0.3 is 13.9 Å². The molecule has 1 aliphatic heterocycles. The van der Waals surface area contributed by atoms with E-state index in [-0.39, 0.29) is 0 Å². The third-order valence-corrected chi connectivity index (χ3v) is 2.22. The van der Waals surface area contributed by atoms with Crippen LogP contribution in [0.5, 0.6) is 0 Å². The Morgan fingerprint density at radius 1 is 1.29 bits per heavy atom. The number of rotatable bonds is 2. The highest BCUT2D eigenvalue weighted by molar-refractivity contribution is 6.70. The highest BCUT2D eigenvalue weighted by Crippen LogP contribution is 2.28. The highest BCUT2D eigenvalue weighted by Gasteiger charge is 2.30. The van der Waals surface area contributed by atoms with E-state index in [1.165, 1.54) is 0 Å². The minimum absolute atomic E-state index is 0.519. The molecule has 1 rings (SSSR count). The van der Waals surface area contributed by atoms with Gasteiger partial charge in [-0.2, -0.15) is 0 Å². The van der Waals surface area contributed by atoms with Crippen molar-refractivity contribution in [1.29, 1.82) is 0 Å². The van der Waals surface area contributed by atoms with Crippen LogP contribution in [0.1, 0.15) is 13.8 Å². The number of allylic oxidation sites excluding steroid dienone is 1. The molecule has 0 fully saturated rings. The van der Waals surface area contributed by atoms with Crippen LogP contribution in [0, 0.1) is 0 Å². The largest absolute Gasteiger partial charge is 0.520 e. The molecule has 0 amide bonds. The number of hydrogen-bond acceptors (Lipinski definition) is 3. The van der Waals surface area contributed by atoms with E-state index in [0.717, 1.165) is 0 Å². The van der Waals surface area contributed by atoms with Gasteiger partial charge in [-0.15, -0.1) is 0 Å². The summed E-state index contributed by atoms with van der Waals surface area (Å²) < 4.78 is 16.6. The van der Waals surface area contributed by atoms with Crippen LogP contribution < -0.4 is 0 Å². The van der Waals surface area contributed by atoms with E-state index < -0.39 is 14.1 Å². The molecule has 0 saturated carbocycles.